The molecule has 17 heavy (non-hydrogen) atoms. The lowest BCUT2D eigenvalue weighted by Crippen LogP contribution is -2.40. The van der Waals surface area contributed by atoms with E-state index in [2.05, 4.69) is 15.3 Å². The molecule has 0 radical (unpaired) electrons. The Morgan fingerprint density at radius 2 is 2.41 bits per heavy atom. The number of aliphatic hydroxyl groups excluding tert-OH is 1. The molecule has 5 heteroatoms. The first-order chi connectivity index (χ1) is 8.35. The van der Waals surface area contributed by atoms with E-state index in [4.69, 9.17) is 10.9 Å². The van der Waals surface area contributed by atoms with Crippen molar-refractivity contribution in [1.29, 1.82) is 0 Å². The van der Waals surface area contributed by atoms with Gasteiger partial charge < -0.3 is 15.4 Å². The summed E-state index contributed by atoms with van der Waals surface area (Å²) >= 11 is 0. The molecule has 1 aliphatic rings. The predicted molar refractivity (Wildman–Crippen MR) is 68.7 cm³/mol. The zero-order valence-corrected chi connectivity index (χ0v) is 9.97. The first-order valence-corrected chi connectivity index (χ1v) is 6.15. The third kappa shape index (κ3) is 2.87. The van der Waals surface area contributed by atoms with Gasteiger partial charge in [0.05, 0.1) is 0 Å². The molecule has 2 rings (SSSR count). The van der Waals surface area contributed by atoms with E-state index in [1.165, 1.54) is 12.8 Å². The number of nitrogens with two attached hydrogens (primary N) is 1. The van der Waals surface area contributed by atoms with Gasteiger partial charge in [-0.15, -0.1) is 0 Å². The number of anilines is 2. The van der Waals surface area contributed by atoms with Crippen molar-refractivity contribution >= 4 is 11.5 Å². The van der Waals surface area contributed by atoms with Gasteiger partial charge >= 0.3 is 0 Å². The SMILES string of the molecule is NNc1cc(N2CCCCC2CCO)ccn1. The number of rotatable bonds is 4. The summed E-state index contributed by atoms with van der Waals surface area (Å²) < 4.78 is 0. The number of pyridine rings is 1. The molecule has 0 saturated carbocycles. The molecule has 1 fully saturated rings. The molecule has 94 valence electrons. The average Bonchev–Trinajstić information content (AvgIpc) is 2.40. The normalized spacial score (nSPS) is 20.4. The maximum atomic E-state index is 9.11. The highest BCUT2D eigenvalue weighted by Gasteiger charge is 2.22. The summed E-state index contributed by atoms with van der Waals surface area (Å²) in [6.45, 7) is 1.28. The minimum absolute atomic E-state index is 0.244. The van der Waals surface area contributed by atoms with Gasteiger partial charge in [-0.2, -0.15) is 0 Å². The van der Waals surface area contributed by atoms with E-state index in [0.717, 1.165) is 25.1 Å². The molecule has 0 bridgehead atoms. The van der Waals surface area contributed by atoms with Crippen LogP contribution in [0.2, 0.25) is 0 Å². The Hall–Kier alpha value is -1.33. The molecule has 1 aromatic rings. The molecule has 1 aliphatic heterocycles. The van der Waals surface area contributed by atoms with Gasteiger partial charge in [0, 0.05) is 37.1 Å². The fraction of sp³-hybridized carbons (Fsp3) is 0.583. The predicted octanol–water partition coefficient (Wildman–Crippen LogP) is 1.11. The van der Waals surface area contributed by atoms with Crippen LogP contribution in [-0.2, 0) is 0 Å². The lowest BCUT2D eigenvalue weighted by atomic mass is 9.99. The quantitative estimate of drug-likeness (QED) is 0.539. The van der Waals surface area contributed by atoms with E-state index in [0.29, 0.717) is 11.9 Å². The van der Waals surface area contributed by atoms with Crippen LogP contribution in [0.3, 0.4) is 0 Å². The molecule has 4 N–H and O–H groups in total. The number of aromatic nitrogens is 1. The number of hydrogen-bond acceptors (Lipinski definition) is 5. The van der Waals surface area contributed by atoms with Crippen molar-refractivity contribution in [2.24, 2.45) is 5.84 Å². The van der Waals surface area contributed by atoms with Crippen molar-refractivity contribution in [3.8, 4) is 0 Å². The maximum Gasteiger partial charge on any atom is 0.141 e. The number of nitrogens with zero attached hydrogens (tertiary/aromatic N) is 2. The summed E-state index contributed by atoms with van der Waals surface area (Å²) in [7, 11) is 0. The fourth-order valence-electron chi connectivity index (χ4n) is 2.47. The minimum Gasteiger partial charge on any atom is -0.396 e. The van der Waals surface area contributed by atoms with Crippen LogP contribution in [0, 0.1) is 0 Å². The molecule has 0 aliphatic carbocycles. The third-order valence-electron chi connectivity index (χ3n) is 3.31. The van der Waals surface area contributed by atoms with Gasteiger partial charge in [0.15, 0.2) is 0 Å². The van der Waals surface area contributed by atoms with Crippen molar-refractivity contribution in [2.45, 2.75) is 31.7 Å². The van der Waals surface area contributed by atoms with Crippen molar-refractivity contribution in [3.05, 3.63) is 18.3 Å². The molecule has 1 atom stereocenters. The first-order valence-electron chi connectivity index (χ1n) is 6.15. The van der Waals surface area contributed by atoms with Crippen LogP contribution in [0.1, 0.15) is 25.7 Å². The van der Waals surface area contributed by atoms with Crippen LogP contribution >= 0.6 is 0 Å². The standard InChI is InChI=1S/C12H20N4O/c13-15-12-9-11(4-6-14-12)16-7-2-1-3-10(16)5-8-17/h4,6,9-10,17H,1-3,5,7-8,13H2,(H,14,15). The van der Waals surface area contributed by atoms with Crippen LogP contribution in [0.4, 0.5) is 11.5 Å². The topological polar surface area (TPSA) is 74.4 Å². The Morgan fingerprint density at radius 1 is 1.53 bits per heavy atom. The van der Waals surface area contributed by atoms with E-state index >= 15 is 0 Å². The second kappa shape index (κ2) is 5.84. The monoisotopic (exact) mass is 236 g/mol. The molecule has 2 heterocycles. The molecule has 0 amide bonds. The van der Waals surface area contributed by atoms with E-state index in [1.54, 1.807) is 6.20 Å². The van der Waals surface area contributed by atoms with Gasteiger partial charge in [0.2, 0.25) is 0 Å². The van der Waals surface area contributed by atoms with Crippen molar-refractivity contribution < 1.29 is 5.11 Å². The Labute approximate surface area is 102 Å². The number of nitrogens with one attached hydrogen (secondary N) is 1. The van der Waals surface area contributed by atoms with Crippen molar-refractivity contribution in [3.63, 3.8) is 0 Å². The Kier molecular flexibility index (Phi) is 4.17. The van der Waals surface area contributed by atoms with E-state index < -0.39 is 0 Å². The minimum atomic E-state index is 0.244. The maximum absolute atomic E-state index is 9.11. The van der Waals surface area contributed by atoms with Gasteiger partial charge in [-0.25, -0.2) is 10.8 Å². The number of aliphatic hydroxyl groups is 1. The highest BCUT2D eigenvalue weighted by Crippen LogP contribution is 2.27. The zero-order valence-electron chi connectivity index (χ0n) is 9.97. The molecule has 1 aromatic heterocycles. The van der Waals surface area contributed by atoms with Crippen LogP contribution < -0.4 is 16.2 Å². The molecule has 1 saturated heterocycles. The molecular formula is C12H20N4O. The second-order valence-corrected chi connectivity index (χ2v) is 4.40. The summed E-state index contributed by atoms with van der Waals surface area (Å²) in [6.07, 6.45) is 6.18. The molecule has 0 aromatic carbocycles. The van der Waals surface area contributed by atoms with Crippen LogP contribution in [0.15, 0.2) is 18.3 Å². The van der Waals surface area contributed by atoms with Crippen LogP contribution in [0.5, 0.6) is 0 Å². The number of hydrogen-bond donors (Lipinski definition) is 3. The van der Waals surface area contributed by atoms with Gasteiger partial charge in [0.25, 0.3) is 0 Å². The molecule has 0 spiro atoms. The van der Waals surface area contributed by atoms with Gasteiger partial charge in [-0.05, 0) is 31.7 Å². The average molecular weight is 236 g/mol. The van der Waals surface area contributed by atoms with E-state index in [1.807, 2.05) is 12.1 Å². The first kappa shape index (κ1) is 12.1. The Bertz CT molecular complexity index is 356. The highest BCUT2D eigenvalue weighted by molar-refractivity contribution is 5.54. The van der Waals surface area contributed by atoms with Crippen LogP contribution in [-0.4, -0.2) is 29.3 Å². The lowest BCUT2D eigenvalue weighted by molar-refractivity contribution is 0.262. The number of hydrazine groups is 1. The van der Waals surface area contributed by atoms with Crippen molar-refractivity contribution in [1.82, 2.24) is 4.98 Å². The molecule has 5 nitrogen and oxygen atoms in total. The Morgan fingerprint density at radius 3 is 3.18 bits per heavy atom. The zero-order chi connectivity index (χ0) is 12.1. The lowest BCUT2D eigenvalue weighted by Gasteiger charge is -2.37. The summed E-state index contributed by atoms with van der Waals surface area (Å²) in [5.41, 5.74) is 3.70. The molecular weight excluding hydrogens is 216 g/mol. The number of nitrogen functional groups attached to an aromatic ring is 1. The Balaban J connectivity index is 2.16. The summed E-state index contributed by atoms with van der Waals surface area (Å²) in [5.74, 6) is 6.05. The van der Waals surface area contributed by atoms with Gasteiger partial charge in [-0.1, -0.05) is 0 Å². The third-order valence-corrected chi connectivity index (χ3v) is 3.31. The van der Waals surface area contributed by atoms with Crippen LogP contribution in [0.25, 0.3) is 0 Å². The van der Waals surface area contributed by atoms with Gasteiger partial charge in [0.1, 0.15) is 5.82 Å². The summed E-state index contributed by atoms with van der Waals surface area (Å²) in [6, 6.07) is 4.38. The summed E-state index contributed by atoms with van der Waals surface area (Å²) in [5, 5.41) is 9.11. The van der Waals surface area contributed by atoms with E-state index in [9.17, 15) is 0 Å². The van der Waals surface area contributed by atoms with E-state index in [-0.39, 0.29) is 6.61 Å². The smallest absolute Gasteiger partial charge is 0.141 e. The summed E-state index contributed by atoms with van der Waals surface area (Å²) in [4.78, 5) is 6.46. The van der Waals surface area contributed by atoms with Gasteiger partial charge in [-0.3, -0.25) is 0 Å². The molecule has 1 unspecified atom stereocenters. The largest absolute Gasteiger partial charge is 0.396 e. The highest BCUT2D eigenvalue weighted by atomic mass is 16.3. The van der Waals surface area contributed by atoms with Crippen molar-refractivity contribution in [2.75, 3.05) is 23.5 Å². The number of piperidine rings is 1. The second-order valence-electron chi connectivity index (χ2n) is 4.40. The fourth-order valence-corrected chi connectivity index (χ4v) is 2.47.